The first-order valence-electron chi connectivity index (χ1n) is 16.4. The van der Waals surface area contributed by atoms with Crippen LogP contribution in [0.2, 0.25) is 0 Å². The van der Waals surface area contributed by atoms with Gasteiger partial charge in [0.05, 0.1) is 28.6 Å². The summed E-state index contributed by atoms with van der Waals surface area (Å²) in [6.07, 6.45) is 4.31. The Morgan fingerprint density at radius 1 is 1.26 bits per heavy atom. The molecule has 1 aliphatic carbocycles. The maximum atomic E-state index is 14.9. The number of halogens is 4. The van der Waals surface area contributed by atoms with Gasteiger partial charge in [-0.15, -0.1) is 0 Å². The lowest BCUT2D eigenvalue weighted by Gasteiger charge is -2.38. The Hall–Kier alpha value is -3.28. The van der Waals surface area contributed by atoms with Crippen molar-refractivity contribution in [3.63, 3.8) is 0 Å². The van der Waals surface area contributed by atoms with Gasteiger partial charge in [-0.3, -0.25) is 4.79 Å². The first-order valence-corrected chi connectivity index (χ1v) is 16.8. The number of hydrogen-bond donors (Lipinski definition) is 2. The fraction of sp³-hybridized carbons (Fsp3) is 0.486. The molecule has 1 aromatic heterocycles. The molecule has 0 bridgehead atoms. The van der Waals surface area contributed by atoms with Crippen LogP contribution in [0.25, 0.3) is 5.57 Å². The van der Waals surface area contributed by atoms with E-state index in [1.807, 2.05) is 45.9 Å². The van der Waals surface area contributed by atoms with Gasteiger partial charge < -0.3 is 24.4 Å². The van der Waals surface area contributed by atoms with Crippen molar-refractivity contribution >= 4 is 41.4 Å². The zero-order chi connectivity index (χ0) is 33.7. The summed E-state index contributed by atoms with van der Waals surface area (Å²) in [5.41, 5.74) is 1.59. The van der Waals surface area contributed by atoms with Crippen LogP contribution in [0.1, 0.15) is 89.1 Å². The van der Waals surface area contributed by atoms with Gasteiger partial charge in [0.15, 0.2) is 0 Å². The van der Waals surface area contributed by atoms with E-state index in [0.29, 0.717) is 16.7 Å². The minimum Gasteiger partial charge on any atom is -0.423 e. The minimum absolute atomic E-state index is 0.0902. The molecular formula is C35H40BClF3N3O4. The Bertz CT molecular complexity index is 1680. The molecule has 4 atom stereocenters. The largest absolute Gasteiger partial charge is 0.492 e. The molecule has 3 aliphatic heterocycles. The number of nitrogens with one attached hydrogen (secondary N) is 1. The zero-order valence-corrected chi connectivity index (χ0v) is 27.8. The molecule has 2 aromatic rings. The summed E-state index contributed by atoms with van der Waals surface area (Å²) < 4.78 is 52.4. The van der Waals surface area contributed by atoms with E-state index < -0.39 is 42.9 Å². The SMILES string of the molecule is CCC(C)C1=CC(Cl)=CC(C2(C(F)(F)F)CC(C3CC=C(C(=O)NCc4ccc5c(c4)B(O)OC5(CC)CC)c4cccn43)=NO2)C1. The Labute approximate surface area is 278 Å². The number of alkyl halides is 3. The zero-order valence-electron chi connectivity index (χ0n) is 27.0. The molecule has 0 radical (unpaired) electrons. The summed E-state index contributed by atoms with van der Waals surface area (Å²) in [5.74, 6) is -1.24. The summed E-state index contributed by atoms with van der Waals surface area (Å²) in [4.78, 5) is 18.9. The number of benzene rings is 1. The fourth-order valence-electron chi connectivity index (χ4n) is 7.51. The topological polar surface area (TPSA) is 85.1 Å². The molecule has 2 N–H and O–H groups in total. The third-order valence-corrected chi connectivity index (χ3v) is 10.8. The number of hydrogen-bond acceptors (Lipinski definition) is 5. The van der Waals surface area contributed by atoms with Gasteiger partial charge in [0, 0.05) is 30.1 Å². The number of allylic oxidation sites excluding steroid dienone is 4. The molecule has 0 saturated carbocycles. The highest BCUT2D eigenvalue weighted by Crippen LogP contribution is 2.52. The first-order chi connectivity index (χ1) is 22.4. The van der Waals surface area contributed by atoms with Gasteiger partial charge in [0.2, 0.25) is 5.60 Å². The van der Waals surface area contributed by atoms with E-state index >= 15 is 0 Å². The number of nitrogens with zero attached hydrogens (tertiary/aromatic N) is 2. The van der Waals surface area contributed by atoms with Crippen molar-refractivity contribution in [1.29, 1.82) is 0 Å². The van der Waals surface area contributed by atoms with Crippen molar-refractivity contribution in [3.05, 3.63) is 82.2 Å². The van der Waals surface area contributed by atoms with Crippen molar-refractivity contribution in [1.82, 2.24) is 9.88 Å². The second-order valence-electron chi connectivity index (χ2n) is 13.1. The van der Waals surface area contributed by atoms with Gasteiger partial charge >= 0.3 is 13.3 Å². The Morgan fingerprint density at radius 3 is 2.72 bits per heavy atom. The molecular weight excluding hydrogens is 630 g/mol. The molecule has 250 valence electrons. The summed E-state index contributed by atoms with van der Waals surface area (Å²) in [6.45, 7) is 8.27. The standard InChI is InChI=1S/C35H40BClF3N3O4/c1-5-21(4)23-16-24(18-25(37)17-23)34(35(38,39)40)19-29(42-47-34)31-13-11-26(30-9-8-14-43(30)31)32(44)41-20-22-10-12-27-28(15-22)36(45)46-33(27,6-2)7-3/h8-12,14-15,17-18,21,24,31,45H,5-7,13,16,19-20H2,1-4H3,(H,41,44). The van der Waals surface area contributed by atoms with Crippen LogP contribution in [0.4, 0.5) is 13.2 Å². The van der Waals surface area contributed by atoms with Crippen molar-refractivity contribution < 1.29 is 32.5 Å². The maximum absolute atomic E-state index is 14.9. The Kier molecular flexibility index (Phi) is 9.04. The highest BCUT2D eigenvalue weighted by molar-refractivity contribution is 6.62. The lowest BCUT2D eigenvalue weighted by Crippen LogP contribution is -2.52. The first kappa shape index (κ1) is 33.6. The molecule has 7 nitrogen and oxygen atoms in total. The maximum Gasteiger partial charge on any atom is 0.492 e. The number of carbonyl (C=O) groups is 1. The second-order valence-corrected chi connectivity index (χ2v) is 13.5. The Balaban J connectivity index is 1.17. The summed E-state index contributed by atoms with van der Waals surface area (Å²) in [7, 11) is -1.02. The van der Waals surface area contributed by atoms with Crippen molar-refractivity contribution in [3.8, 4) is 0 Å². The highest BCUT2D eigenvalue weighted by atomic mass is 35.5. The lowest BCUT2D eigenvalue weighted by molar-refractivity contribution is -0.283. The minimum atomic E-state index is -4.70. The molecule has 4 aliphatic rings. The monoisotopic (exact) mass is 669 g/mol. The highest BCUT2D eigenvalue weighted by Gasteiger charge is 2.65. The van der Waals surface area contributed by atoms with Crippen LogP contribution in [0, 0.1) is 11.8 Å². The van der Waals surface area contributed by atoms with Crippen LogP contribution < -0.4 is 10.8 Å². The fourth-order valence-corrected chi connectivity index (χ4v) is 7.80. The van der Waals surface area contributed by atoms with Gasteiger partial charge in [-0.1, -0.05) is 80.4 Å². The van der Waals surface area contributed by atoms with Crippen molar-refractivity contribution in [2.24, 2.45) is 17.0 Å². The van der Waals surface area contributed by atoms with Gasteiger partial charge in [-0.25, -0.2) is 0 Å². The van der Waals surface area contributed by atoms with Crippen LogP contribution in [-0.2, 0) is 26.4 Å². The average molecular weight is 670 g/mol. The predicted molar refractivity (Wildman–Crippen MR) is 177 cm³/mol. The van der Waals surface area contributed by atoms with E-state index in [1.165, 1.54) is 6.08 Å². The summed E-state index contributed by atoms with van der Waals surface area (Å²) in [5, 5.41) is 17.9. The quantitative estimate of drug-likeness (QED) is 0.280. The lowest BCUT2D eigenvalue weighted by atomic mass is 9.74. The van der Waals surface area contributed by atoms with Gasteiger partial charge in [-0.05, 0) is 72.8 Å². The molecule has 0 spiro atoms. The molecule has 1 amide bonds. The third-order valence-electron chi connectivity index (χ3n) is 10.6. The second kappa shape index (κ2) is 12.6. The van der Waals surface area contributed by atoms with E-state index in [0.717, 1.165) is 36.0 Å². The smallest absolute Gasteiger partial charge is 0.423 e. The van der Waals surface area contributed by atoms with Crippen LogP contribution >= 0.6 is 11.6 Å². The van der Waals surface area contributed by atoms with Gasteiger partial charge in [-0.2, -0.15) is 13.2 Å². The number of amides is 1. The number of carbonyl (C=O) groups excluding carboxylic acids is 1. The number of fused-ring (bicyclic) bond motifs is 2. The molecule has 12 heteroatoms. The van der Waals surface area contributed by atoms with E-state index in [4.69, 9.17) is 21.1 Å². The molecule has 4 unspecified atom stereocenters. The molecule has 47 heavy (non-hydrogen) atoms. The summed E-state index contributed by atoms with van der Waals surface area (Å²) in [6, 6.07) is 8.75. The predicted octanol–water partition coefficient (Wildman–Crippen LogP) is 7.06. The average Bonchev–Trinajstić information content (AvgIpc) is 3.80. The van der Waals surface area contributed by atoms with E-state index in [-0.39, 0.29) is 42.0 Å². The summed E-state index contributed by atoms with van der Waals surface area (Å²) >= 11 is 6.36. The van der Waals surface area contributed by atoms with E-state index in [2.05, 4.69) is 10.5 Å². The number of oxime groups is 1. The van der Waals surface area contributed by atoms with Crippen LogP contribution in [0.15, 0.2) is 70.5 Å². The molecule has 1 aromatic carbocycles. The van der Waals surface area contributed by atoms with Gasteiger partial charge in [0.25, 0.3) is 5.91 Å². The van der Waals surface area contributed by atoms with Gasteiger partial charge in [0.1, 0.15) is 0 Å². The normalized spacial score (nSPS) is 25.6. The van der Waals surface area contributed by atoms with Crippen LogP contribution in [0.5, 0.6) is 0 Å². The molecule has 4 heterocycles. The van der Waals surface area contributed by atoms with E-state index in [1.54, 1.807) is 35.0 Å². The van der Waals surface area contributed by atoms with Crippen molar-refractivity contribution in [2.45, 2.75) is 96.2 Å². The molecule has 0 fully saturated rings. The van der Waals surface area contributed by atoms with Crippen molar-refractivity contribution in [2.75, 3.05) is 0 Å². The molecule has 6 rings (SSSR count). The van der Waals surface area contributed by atoms with E-state index in [9.17, 15) is 23.0 Å². The Morgan fingerprint density at radius 2 is 2.02 bits per heavy atom. The van der Waals surface area contributed by atoms with Crippen LogP contribution in [0.3, 0.4) is 0 Å². The number of aromatic nitrogens is 1. The number of rotatable bonds is 9. The van der Waals surface area contributed by atoms with Crippen LogP contribution in [-0.4, -0.2) is 40.1 Å². The third kappa shape index (κ3) is 5.78. The molecule has 0 saturated heterocycles.